The highest BCUT2D eigenvalue weighted by molar-refractivity contribution is 7.11. The molecule has 0 spiro atoms. The van der Waals surface area contributed by atoms with Gasteiger partial charge < -0.3 is 5.32 Å². The summed E-state index contributed by atoms with van der Waals surface area (Å²) in [6.07, 6.45) is 8.10. The van der Waals surface area contributed by atoms with Gasteiger partial charge in [-0.05, 0) is 33.1 Å². The minimum atomic E-state index is 0.602. The van der Waals surface area contributed by atoms with Gasteiger partial charge in [0.15, 0.2) is 0 Å². The third kappa shape index (κ3) is 3.55. The number of hydrogen-bond donors (Lipinski definition) is 1. The van der Waals surface area contributed by atoms with Crippen LogP contribution in [0.5, 0.6) is 0 Å². The molecule has 1 saturated carbocycles. The standard InChI is InChI=1S/C15H26N2S/c1-4-11(2)16-10-14-12(3)17-15(18-14)13-8-6-5-7-9-13/h11,13,16H,4-10H2,1-3H3. The molecule has 1 aliphatic carbocycles. The highest BCUT2D eigenvalue weighted by Gasteiger charge is 2.20. The Labute approximate surface area is 115 Å². The van der Waals surface area contributed by atoms with Crippen molar-refractivity contribution in [1.82, 2.24) is 10.3 Å². The van der Waals surface area contributed by atoms with E-state index in [0.717, 1.165) is 12.5 Å². The lowest BCUT2D eigenvalue weighted by molar-refractivity contribution is 0.442. The van der Waals surface area contributed by atoms with Gasteiger partial charge >= 0.3 is 0 Å². The van der Waals surface area contributed by atoms with E-state index in [1.165, 1.54) is 54.1 Å². The monoisotopic (exact) mass is 266 g/mol. The molecule has 1 atom stereocenters. The molecule has 3 heteroatoms. The zero-order valence-corrected chi connectivity index (χ0v) is 12.8. The molecule has 2 rings (SSSR count). The number of aryl methyl sites for hydroxylation is 1. The van der Waals surface area contributed by atoms with Gasteiger partial charge in [-0.3, -0.25) is 0 Å². The van der Waals surface area contributed by atoms with Crippen molar-refractivity contribution in [3.05, 3.63) is 15.6 Å². The number of hydrogen-bond acceptors (Lipinski definition) is 3. The quantitative estimate of drug-likeness (QED) is 0.855. The molecular weight excluding hydrogens is 240 g/mol. The minimum Gasteiger partial charge on any atom is -0.309 e. The fourth-order valence-corrected chi connectivity index (χ4v) is 3.74. The summed E-state index contributed by atoms with van der Waals surface area (Å²) in [7, 11) is 0. The molecule has 0 radical (unpaired) electrons. The van der Waals surface area contributed by atoms with Gasteiger partial charge in [-0.1, -0.05) is 26.2 Å². The SMILES string of the molecule is CCC(C)NCc1sc(C2CCCCC2)nc1C. The average Bonchev–Trinajstić information content (AvgIpc) is 2.78. The van der Waals surface area contributed by atoms with Gasteiger partial charge in [-0.15, -0.1) is 11.3 Å². The van der Waals surface area contributed by atoms with E-state index in [1.807, 2.05) is 11.3 Å². The van der Waals surface area contributed by atoms with Crippen LogP contribution < -0.4 is 5.32 Å². The molecule has 0 saturated heterocycles. The number of nitrogens with zero attached hydrogens (tertiary/aromatic N) is 1. The van der Waals surface area contributed by atoms with Gasteiger partial charge in [0.25, 0.3) is 0 Å². The number of rotatable bonds is 5. The number of aromatic nitrogens is 1. The van der Waals surface area contributed by atoms with E-state index in [0.29, 0.717) is 6.04 Å². The van der Waals surface area contributed by atoms with Crippen LogP contribution in [0.2, 0.25) is 0 Å². The van der Waals surface area contributed by atoms with Crippen LogP contribution in [-0.2, 0) is 6.54 Å². The summed E-state index contributed by atoms with van der Waals surface area (Å²) in [5.41, 5.74) is 1.25. The Bertz CT molecular complexity index is 367. The van der Waals surface area contributed by atoms with Crippen molar-refractivity contribution in [3.63, 3.8) is 0 Å². The second-order valence-corrected chi connectivity index (χ2v) is 6.70. The highest BCUT2D eigenvalue weighted by Crippen LogP contribution is 2.35. The molecule has 1 fully saturated rings. The van der Waals surface area contributed by atoms with E-state index < -0.39 is 0 Å². The Hall–Kier alpha value is -0.410. The van der Waals surface area contributed by atoms with E-state index in [1.54, 1.807) is 0 Å². The maximum Gasteiger partial charge on any atom is 0.0962 e. The topological polar surface area (TPSA) is 24.9 Å². The predicted octanol–water partition coefficient (Wildman–Crippen LogP) is 4.39. The average molecular weight is 266 g/mol. The Morgan fingerprint density at radius 2 is 2.06 bits per heavy atom. The van der Waals surface area contributed by atoms with Crippen molar-refractivity contribution in [3.8, 4) is 0 Å². The van der Waals surface area contributed by atoms with Gasteiger partial charge in [0.1, 0.15) is 0 Å². The fraction of sp³-hybridized carbons (Fsp3) is 0.800. The first-order valence-corrected chi connectivity index (χ1v) is 8.22. The lowest BCUT2D eigenvalue weighted by Crippen LogP contribution is -2.24. The molecule has 0 bridgehead atoms. The first-order valence-electron chi connectivity index (χ1n) is 7.40. The second kappa shape index (κ2) is 6.67. The first kappa shape index (κ1) is 14.0. The molecule has 0 aliphatic heterocycles. The van der Waals surface area contributed by atoms with Gasteiger partial charge in [0.05, 0.1) is 10.7 Å². The summed E-state index contributed by atoms with van der Waals surface area (Å²) < 4.78 is 0. The summed E-state index contributed by atoms with van der Waals surface area (Å²) in [6, 6.07) is 0.602. The molecule has 0 aromatic carbocycles. The summed E-state index contributed by atoms with van der Waals surface area (Å²) in [4.78, 5) is 6.26. The van der Waals surface area contributed by atoms with Crippen LogP contribution >= 0.6 is 11.3 Å². The van der Waals surface area contributed by atoms with Gasteiger partial charge in [0, 0.05) is 23.4 Å². The summed E-state index contributed by atoms with van der Waals surface area (Å²) >= 11 is 1.94. The largest absolute Gasteiger partial charge is 0.309 e. The Morgan fingerprint density at radius 1 is 1.33 bits per heavy atom. The van der Waals surface area contributed by atoms with Crippen molar-refractivity contribution in [2.75, 3.05) is 0 Å². The summed E-state index contributed by atoms with van der Waals surface area (Å²) in [5.74, 6) is 0.750. The van der Waals surface area contributed by atoms with Crippen LogP contribution in [0.15, 0.2) is 0 Å². The Morgan fingerprint density at radius 3 is 2.72 bits per heavy atom. The molecule has 1 N–H and O–H groups in total. The van der Waals surface area contributed by atoms with Crippen LogP contribution in [0.25, 0.3) is 0 Å². The molecule has 2 nitrogen and oxygen atoms in total. The van der Waals surface area contributed by atoms with Gasteiger partial charge in [0.2, 0.25) is 0 Å². The van der Waals surface area contributed by atoms with E-state index in [-0.39, 0.29) is 0 Å². The molecular formula is C15H26N2S. The summed E-state index contributed by atoms with van der Waals surface area (Å²) in [6.45, 7) is 7.63. The second-order valence-electron chi connectivity index (χ2n) is 5.59. The van der Waals surface area contributed by atoms with Gasteiger partial charge in [-0.2, -0.15) is 0 Å². The molecule has 18 heavy (non-hydrogen) atoms. The van der Waals surface area contributed by atoms with Crippen molar-refractivity contribution < 1.29 is 0 Å². The first-order chi connectivity index (χ1) is 8.70. The van der Waals surface area contributed by atoms with Crippen LogP contribution in [-0.4, -0.2) is 11.0 Å². The molecule has 1 aliphatic rings. The van der Waals surface area contributed by atoms with Crippen LogP contribution in [0, 0.1) is 6.92 Å². The molecule has 1 aromatic heterocycles. The Balaban J connectivity index is 1.97. The lowest BCUT2D eigenvalue weighted by Gasteiger charge is -2.18. The van der Waals surface area contributed by atoms with E-state index in [9.17, 15) is 0 Å². The van der Waals surface area contributed by atoms with Gasteiger partial charge in [-0.25, -0.2) is 4.98 Å². The molecule has 1 aromatic rings. The van der Waals surface area contributed by atoms with Crippen molar-refractivity contribution in [2.45, 2.75) is 77.8 Å². The Kier molecular flexibility index (Phi) is 5.19. The van der Waals surface area contributed by atoms with E-state index in [2.05, 4.69) is 26.1 Å². The molecule has 102 valence electrons. The fourth-order valence-electron chi connectivity index (χ4n) is 2.55. The smallest absolute Gasteiger partial charge is 0.0962 e. The third-order valence-corrected chi connectivity index (χ3v) is 5.41. The number of nitrogens with one attached hydrogen (secondary N) is 1. The molecule has 0 amide bonds. The third-order valence-electron chi connectivity index (χ3n) is 4.09. The summed E-state index contributed by atoms with van der Waals surface area (Å²) in [5, 5.41) is 4.97. The zero-order chi connectivity index (χ0) is 13.0. The van der Waals surface area contributed by atoms with Crippen molar-refractivity contribution in [1.29, 1.82) is 0 Å². The van der Waals surface area contributed by atoms with E-state index >= 15 is 0 Å². The lowest BCUT2D eigenvalue weighted by atomic mass is 9.90. The van der Waals surface area contributed by atoms with Crippen LogP contribution in [0.3, 0.4) is 0 Å². The minimum absolute atomic E-state index is 0.602. The molecule has 1 heterocycles. The zero-order valence-electron chi connectivity index (χ0n) is 12.0. The van der Waals surface area contributed by atoms with E-state index in [4.69, 9.17) is 4.98 Å². The maximum absolute atomic E-state index is 4.82. The van der Waals surface area contributed by atoms with Crippen LogP contribution in [0.1, 0.15) is 73.9 Å². The number of thiazole rings is 1. The van der Waals surface area contributed by atoms with Crippen molar-refractivity contribution in [2.24, 2.45) is 0 Å². The highest BCUT2D eigenvalue weighted by atomic mass is 32.1. The van der Waals surface area contributed by atoms with Crippen molar-refractivity contribution >= 4 is 11.3 Å². The van der Waals surface area contributed by atoms with Crippen LogP contribution in [0.4, 0.5) is 0 Å². The predicted molar refractivity (Wildman–Crippen MR) is 79.3 cm³/mol. The molecule has 1 unspecified atom stereocenters. The normalized spacial score (nSPS) is 19.1. The maximum atomic E-state index is 4.82.